The van der Waals surface area contributed by atoms with Crippen LogP contribution in [-0.2, 0) is 17.6 Å². The zero-order valence-corrected chi connectivity index (χ0v) is 22.3. The summed E-state index contributed by atoms with van der Waals surface area (Å²) in [6.45, 7) is 6.65. The van der Waals surface area contributed by atoms with Gasteiger partial charge in [0.05, 0.1) is 10.0 Å². The zero-order valence-electron chi connectivity index (χ0n) is 20.8. The fraction of sp³-hybridized carbons (Fsp3) is 0.536. The second-order valence-corrected chi connectivity index (χ2v) is 10.8. The fourth-order valence-electron chi connectivity index (χ4n) is 5.43. The van der Waals surface area contributed by atoms with Crippen molar-refractivity contribution in [2.45, 2.75) is 57.6 Å². The van der Waals surface area contributed by atoms with Gasteiger partial charge >= 0.3 is 5.97 Å². The molecule has 8 heteroatoms. The highest BCUT2D eigenvalue weighted by atomic mass is 35.5. The maximum atomic E-state index is 13.2. The van der Waals surface area contributed by atoms with Crippen molar-refractivity contribution in [2.24, 2.45) is 5.92 Å². The quantitative estimate of drug-likeness (QED) is 0.429. The molecule has 2 saturated heterocycles. The van der Waals surface area contributed by atoms with Gasteiger partial charge in [-0.25, -0.2) is 4.39 Å². The molecule has 0 unspecified atom stereocenters. The average molecular weight is 538 g/mol. The molecule has 2 aromatic rings. The van der Waals surface area contributed by atoms with E-state index in [1.807, 2.05) is 6.07 Å². The summed E-state index contributed by atoms with van der Waals surface area (Å²) in [5, 5.41) is 11.0. The zero-order chi connectivity index (χ0) is 25.7. The van der Waals surface area contributed by atoms with Crippen LogP contribution in [0.5, 0.6) is 5.75 Å². The van der Waals surface area contributed by atoms with Gasteiger partial charge in [0.15, 0.2) is 0 Å². The SMILES string of the molecule is CCc1c(OC2CCN(CC3CCN([C@@H](Cc4ccc(F)cc4)C(=O)O)CC3)CC2)ccc(Cl)c1Cl. The number of hydrogen-bond acceptors (Lipinski definition) is 4. The summed E-state index contributed by atoms with van der Waals surface area (Å²) >= 11 is 12.5. The van der Waals surface area contributed by atoms with E-state index in [0.717, 1.165) is 81.7 Å². The van der Waals surface area contributed by atoms with E-state index in [4.69, 9.17) is 27.9 Å². The van der Waals surface area contributed by atoms with E-state index in [1.54, 1.807) is 18.2 Å². The molecule has 1 N–H and O–H groups in total. The summed E-state index contributed by atoms with van der Waals surface area (Å²) in [4.78, 5) is 16.5. The number of likely N-dealkylation sites (tertiary alicyclic amines) is 2. The Balaban J connectivity index is 1.22. The van der Waals surface area contributed by atoms with Crippen molar-refractivity contribution >= 4 is 29.2 Å². The molecular formula is C28H35Cl2FN2O3. The van der Waals surface area contributed by atoms with Crippen LogP contribution in [0.3, 0.4) is 0 Å². The molecule has 0 saturated carbocycles. The van der Waals surface area contributed by atoms with Crippen LogP contribution in [-0.4, -0.2) is 65.7 Å². The molecule has 0 amide bonds. The van der Waals surface area contributed by atoms with Crippen molar-refractivity contribution in [3.8, 4) is 5.75 Å². The summed E-state index contributed by atoms with van der Waals surface area (Å²) in [6, 6.07) is 9.29. The predicted molar refractivity (Wildman–Crippen MR) is 142 cm³/mol. The molecule has 1 atom stereocenters. The molecule has 2 heterocycles. The van der Waals surface area contributed by atoms with Crippen molar-refractivity contribution in [1.29, 1.82) is 0 Å². The Kier molecular flexibility index (Phi) is 9.51. The van der Waals surface area contributed by atoms with Gasteiger partial charge in [-0.3, -0.25) is 9.69 Å². The van der Waals surface area contributed by atoms with Crippen LogP contribution in [0.1, 0.15) is 43.7 Å². The molecule has 0 spiro atoms. The summed E-state index contributed by atoms with van der Waals surface area (Å²) in [5.74, 6) is 0.294. The molecule has 2 fully saturated rings. The van der Waals surface area contributed by atoms with Crippen LogP contribution in [0.25, 0.3) is 0 Å². The third-order valence-corrected chi connectivity index (χ3v) is 8.41. The molecule has 2 aromatic carbocycles. The minimum absolute atomic E-state index is 0.174. The number of rotatable bonds is 9. The number of carboxylic acid groups (broad SMARTS) is 1. The van der Waals surface area contributed by atoms with Crippen LogP contribution < -0.4 is 4.74 Å². The number of ether oxygens (including phenoxy) is 1. The molecule has 2 aliphatic heterocycles. The van der Waals surface area contributed by atoms with Crippen LogP contribution in [0.4, 0.5) is 4.39 Å². The Morgan fingerprint density at radius 2 is 1.72 bits per heavy atom. The largest absolute Gasteiger partial charge is 0.490 e. The second kappa shape index (κ2) is 12.6. The molecular weight excluding hydrogens is 502 g/mol. The lowest BCUT2D eigenvalue weighted by Crippen LogP contribution is -2.48. The van der Waals surface area contributed by atoms with Gasteiger partial charge in [0.2, 0.25) is 0 Å². The Morgan fingerprint density at radius 3 is 2.33 bits per heavy atom. The van der Waals surface area contributed by atoms with Gasteiger partial charge in [-0.1, -0.05) is 42.3 Å². The highest BCUT2D eigenvalue weighted by molar-refractivity contribution is 6.42. The standard InChI is InChI=1S/C28H35Cl2FN2O3/c1-2-23-26(8-7-24(29)27(23)30)36-22-11-13-32(14-12-22)18-20-9-15-33(16-10-20)25(28(34)35)17-19-3-5-21(31)6-4-19/h3-8,20,22,25H,2,9-18H2,1H3,(H,34,35)/t25-/m0/s1. The molecule has 0 aromatic heterocycles. The van der Waals surface area contributed by atoms with Gasteiger partial charge < -0.3 is 14.7 Å². The normalized spacial score (nSPS) is 19.3. The first-order chi connectivity index (χ1) is 17.3. The molecule has 0 bridgehead atoms. The van der Waals surface area contributed by atoms with Crippen molar-refractivity contribution in [3.63, 3.8) is 0 Å². The maximum Gasteiger partial charge on any atom is 0.321 e. The summed E-state index contributed by atoms with van der Waals surface area (Å²) in [7, 11) is 0. The van der Waals surface area contributed by atoms with Gasteiger partial charge in [0.25, 0.3) is 0 Å². The Morgan fingerprint density at radius 1 is 1.06 bits per heavy atom. The van der Waals surface area contributed by atoms with Gasteiger partial charge in [-0.2, -0.15) is 0 Å². The van der Waals surface area contributed by atoms with Gasteiger partial charge in [-0.05, 0) is 87.4 Å². The molecule has 5 nitrogen and oxygen atoms in total. The van der Waals surface area contributed by atoms with E-state index in [0.29, 0.717) is 22.4 Å². The number of nitrogens with zero attached hydrogens (tertiary/aromatic N) is 2. The summed E-state index contributed by atoms with van der Waals surface area (Å²) < 4.78 is 19.5. The van der Waals surface area contributed by atoms with Crippen LogP contribution in [0.2, 0.25) is 10.0 Å². The number of aliphatic carboxylic acids is 1. The number of hydrogen-bond donors (Lipinski definition) is 1. The van der Waals surface area contributed by atoms with E-state index < -0.39 is 12.0 Å². The van der Waals surface area contributed by atoms with Crippen molar-refractivity contribution in [1.82, 2.24) is 9.80 Å². The fourth-order valence-corrected chi connectivity index (χ4v) is 5.90. The summed E-state index contributed by atoms with van der Waals surface area (Å²) in [6.07, 6.45) is 5.28. The highest BCUT2D eigenvalue weighted by Gasteiger charge is 2.31. The van der Waals surface area contributed by atoms with E-state index in [9.17, 15) is 14.3 Å². The van der Waals surface area contributed by atoms with Crippen LogP contribution in [0, 0.1) is 11.7 Å². The molecule has 196 valence electrons. The topological polar surface area (TPSA) is 53.0 Å². The number of piperidine rings is 2. The third-order valence-electron chi connectivity index (χ3n) is 7.57. The van der Waals surface area contributed by atoms with E-state index in [2.05, 4.69) is 16.7 Å². The van der Waals surface area contributed by atoms with Crippen molar-refractivity contribution in [2.75, 3.05) is 32.7 Å². The van der Waals surface area contributed by atoms with E-state index in [1.165, 1.54) is 12.1 Å². The Hall–Kier alpha value is -1.86. The van der Waals surface area contributed by atoms with Gasteiger partial charge in [0, 0.05) is 25.2 Å². The first kappa shape index (κ1) is 27.2. The maximum absolute atomic E-state index is 13.2. The Bertz CT molecular complexity index is 1020. The lowest BCUT2D eigenvalue weighted by Gasteiger charge is -2.39. The summed E-state index contributed by atoms with van der Waals surface area (Å²) in [5.41, 5.74) is 1.82. The number of benzene rings is 2. The Labute approximate surface area is 223 Å². The van der Waals surface area contributed by atoms with Gasteiger partial charge in [0.1, 0.15) is 23.7 Å². The monoisotopic (exact) mass is 536 g/mol. The average Bonchev–Trinajstić information content (AvgIpc) is 2.88. The van der Waals surface area contributed by atoms with Crippen LogP contribution in [0.15, 0.2) is 36.4 Å². The van der Waals surface area contributed by atoms with E-state index >= 15 is 0 Å². The molecule has 2 aliphatic rings. The highest BCUT2D eigenvalue weighted by Crippen LogP contribution is 2.35. The van der Waals surface area contributed by atoms with E-state index in [-0.39, 0.29) is 11.9 Å². The lowest BCUT2D eigenvalue weighted by molar-refractivity contribution is -0.144. The van der Waals surface area contributed by atoms with Crippen molar-refractivity contribution in [3.05, 3.63) is 63.4 Å². The second-order valence-electron chi connectivity index (χ2n) is 9.97. The molecule has 36 heavy (non-hydrogen) atoms. The smallest absolute Gasteiger partial charge is 0.321 e. The molecule has 0 aliphatic carbocycles. The minimum Gasteiger partial charge on any atom is -0.490 e. The van der Waals surface area contributed by atoms with Crippen molar-refractivity contribution < 1.29 is 19.0 Å². The molecule has 4 rings (SSSR count). The third kappa shape index (κ3) is 6.91. The lowest BCUT2D eigenvalue weighted by atomic mass is 9.93. The number of halogens is 3. The first-order valence-corrected chi connectivity index (χ1v) is 13.7. The minimum atomic E-state index is -0.812. The predicted octanol–water partition coefficient (Wildman–Crippen LogP) is 5.95. The first-order valence-electron chi connectivity index (χ1n) is 12.9. The number of carbonyl (C=O) groups is 1. The molecule has 0 radical (unpaired) electrons. The van der Waals surface area contributed by atoms with Crippen LogP contribution >= 0.6 is 23.2 Å². The van der Waals surface area contributed by atoms with Gasteiger partial charge in [-0.15, -0.1) is 0 Å². The number of carboxylic acids is 1.